The van der Waals surface area contributed by atoms with Crippen LogP contribution in [0.1, 0.15) is 32.6 Å². The fourth-order valence-corrected chi connectivity index (χ4v) is 7.31. The first-order chi connectivity index (χ1) is 14.0. The third-order valence-corrected chi connectivity index (χ3v) is 9.37. The highest BCUT2D eigenvalue weighted by atomic mass is 32.2. The minimum Gasteiger partial charge on any atom is -0.338 e. The number of piperidine rings is 1. The number of halogens is 2. The summed E-state index contributed by atoms with van der Waals surface area (Å²) in [7, 11) is -7.12. The molecule has 0 radical (unpaired) electrons. The molecule has 11 heteroatoms. The Kier molecular flexibility index (Phi) is 6.83. The molecule has 0 aliphatic carbocycles. The molecule has 0 aromatic heterocycles. The number of sulfone groups is 1. The van der Waals surface area contributed by atoms with E-state index in [1.54, 1.807) is 4.90 Å². The molecule has 0 spiro atoms. The van der Waals surface area contributed by atoms with Crippen molar-refractivity contribution < 1.29 is 30.4 Å². The molecule has 1 aromatic rings. The zero-order valence-corrected chi connectivity index (χ0v) is 18.4. The average molecular weight is 465 g/mol. The van der Waals surface area contributed by atoms with Gasteiger partial charge in [-0.25, -0.2) is 25.6 Å². The van der Waals surface area contributed by atoms with Gasteiger partial charge in [0.2, 0.25) is 15.9 Å². The molecule has 30 heavy (non-hydrogen) atoms. The van der Waals surface area contributed by atoms with E-state index in [9.17, 15) is 30.4 Å². The summed E-state index contributed by atoms with van der Waals surface area (Å²) in [5.41, 5.74) is 0. The fourth-order valence-electron chi connectivity index (χ4n) is 4.10. The van der Waals surface area contributed by atoms with Gasteiger partial charge in [0.25, 0.3) is 0 Å². The van der Waals surface area contributed by atoms with Gasteiger partial charge in [-0.3, -0.25) is 4.79 Å². The van der Waals surface area contributed by atoms with Crippen molar-refractivity contribution in [2.75, 3.05) is 31.1 Å². The second-order valence-corrected chi connectivity index (χ2v) is 12.0. The van der Waals surface area contributed by atoms with E-state index < -0.39 is 37.4 Å². The largest absolute Gasteiger partial charge is 0.338 e. The summed E-state index contributed by atoms with van der Waals surface area (Å²) in [6, 6.07) is 2.13. The van der Waals surface area contributed by atoms with Gasteiger partial charge >= 0.3 is 0 Å². The summed E-state index contributed by atoms with van der Waals surface area (Å²) in [5.74, 6) is -2.83. The van der Waals surface area contributed by atoms with Crippen molar-refractivity contribution in [3.8, 4) is 0 Å². The summed E-state index contributed by atoms with van der Waals surface area (Å²) in [5, 5.41) is 0. The second kappa shape index (κ2) is 8.88. The van der Waals surface area contributed by atoms with Crippen molar-refractivity contribution in [1.82, 2.24) is 9.21 Å². The predicted octanol–water partition coefficient (Wildman–Crippen LogP) is 1.79. The van der Waals surface area contributed by atoms with Crippen LogP contribution in [-0.2, 0) is 24.7 Å². The number of hydrogen-bond acceptors (Lipinski definition) is 5. The third kappa shape index (κ3) is 4.83. The van der Waals surface area contributed by atoms with Crippen LogP contribution in [0.3, 0.4) is 0 Å². The van der Waals surface area contributed by atoms with Crippen molar-refractivity contribution in [1.29, 1.82) is 0 Å². The number of carbonyl (C=O) groups is 1. The lowest BCUT2D eigenvalue weighted by atomic mass is 9.95. The van der Waals surface area contributed by atoms with Crippen molar-refractivity contribution in [3.05, 3.63) is 29.8 Å². The number of hydrogen-bond donors (Lipinski definition) is 0. The number of nitrogens with zero attached hydrogens (tertiary/aromatic N) is 2. The lowest BCUT2D eigenvalue weighted by Crippen LogP contribution is -2.48. The molecule has 0 saturated carbocycles. The van der Waals surface area contributed by atoms with Crippen LogP contribution in [0.15, 0.2) is 23.1 Å². The Balaban J connectivity index is 1.67. The van der Waals surface area contributed by atoms with Crippen molar-refractivity contribution in [3.63, 3.8) is 0 Å². The van der Waals surface area contributed by atoms with Crippen LogP contribution in [0.5, 0.6) is 0 Å². The zero-order chi connectivity index (χ0) is 22.1. The number of rotatable bonds is 6. The van der Waals surface area contributed by atoms with Gasteiger partial charge < -0.3 is 4.90 Å². The van der Waals surface area contributed by atoms with E-state index in [1.165, 1.54) is 4.31 Å². The van der Waals surface area contributed by atoms with Crippen molar-refractivity contribution in [2.24, 2.45) is 5.92 Å². The molecule has 2 heterocycles. The first kappa shape index (κ1) is 23.1. The van der Waals surface area contributed by atoms with E-state index in [0.29, 0.717) is 38.3 Å². The maximum atomic E-state index is 13.5. The topological polar surface area (TPSA) is 91.8 Å². The molecule has 3 rings (SSSR count). The molecule has 2 saturated heterocycles. The van der Waals surface area contributed by atoms with Gasteiger partial charge in [0.05, 0.1) is 16.4 Å². The maximum absolute atomic E-state index is 13.5. The Bertz CT molecular complexity index is 1010. The minimum atomic E-state index is -3.99. The number of amides is 1. The van der Waals surface area contributed by atoms with Crippen LogP contribution in [0.2, 0.25) is 0 Å². The monoisotopic (exact) mass is 464 g/mol. The molecule has 0 bridgehead atoms. The van der Waals surface area contributed by atoms with Crippen LogP contribution < -0.4 is 0 Å². The molecule has 1 amide bonds. The molecule has 2 aliphatic rings. The van der Waals surface area contributed by atoms with Crippen molar-refractivity contribution >= 4 is 25.8 Å². The number of carbonyl (C=O) groups excluding carboxylic acids is 1. The summed E-state index contributed by atoms with van der Waals surface area (Å²) in [6.07, 6.45) is 1.71. The molecule has 1 aromatic carbocycles. The van der Waals surface area contributed by atoms with E-state index in [4.69, 9.17) is 0 Å². The van der Waals surface area contributed by atoms with Gasteiger partial charge in [-0.05, 0) is 43.9 Å². The highest BCUT2D eigenvalue weighted by Crippen LogP contribution is 2.28. The normalized spacial score (nSPS) is 22.8. The van der Waals surface area contributed by atoms with E-state index in [-0.39, 0.29) is 41.4 Å². The molecule has 1 unspecified atom stereocenters. The smallest absolute Gasteiger partial charge is 0.243 e. The van der Waals surface area contributed by atoms with Crippen LogP contribution in [0.4, 0.5) is 8.78 Å². The van der Waals surface area contributed by atoms with E-state index >= 15 is 0 Å². The van der Waals surface area contributed by atoms with Crippen LogP contribution in [0, 0.1) is 17.6 Å². The van der Waals surface area contributed by atoms with Gasteiger partial charge in [0.15, 0.2) is 21.5 Å². The first-order valence-electron chi connectivity index (χ1n) is 10.0. The van der Waals surface area contributed by atoms with Crippen LogP contribution in [0.25, 0.3) is 0 Å². The second-order valence-electron chi connectivity index (χ2n) is 7.84. The highest BCUT2D eigenvalue weighted by Gasteiger charge is 2.39. The Morgan fingerprint density at radius 2 is 1.83 bits per heavy atom. The quantitative estimate of drug-likeness (QED) is 0.640. The summed E-state index contributed by atoms with van der Waals surface area (Å²) >= 11 is 0. The molecule has 168 valence electrons. The predicted molar refractivity (Wildman–Crippen MR) is 107 cm³/mol. The van der Waals surface area contributed by atoms with Gasteiger partial charge in [-0.15, -0.1) is 0 Å². The Morgan fingerprint density at radius 3 is 2.37 bits per heavy atom. The van der Waals surface area contributed by atoms with E-state index in [0.717, 1.165) is 12.1 Å². The Hall–Kier alpha value is -1.59. The standard InChI is InChI=1S/C19H26F2N2O5S2/c1-2-8-23(15-7-11-29(25,26)13-15)19(24)14-5-9-22(10-6-14)30(27,28)16-3-4-17(20)18(21)12-16/h3-4,12,14-15H,2,5-11,13H2,1H3. The lowest BCUT2D eigenvalue weighted by molar-refractivity contribution is -0.138. The molecular weight excluding hydrogens is 438 g/mol. The fraction of sp³-hybridized carbons (Fsp3) is 0.632. The van der Waals surface area contributed by atoms with Gasteiger partial charge in [-0.2, -0.15) is 4.31 Å². The zero-order valence-electron chi connectivity index (χ0n) is 16.8. The first-order valence-corrected chi connectivity index (χ1v) is 13.3. The van der Waals surface area contributed by atoms with Crippen molar-refractivity contribution in [2.45, 2.75) is 43.5 Å². The van der Waals surface area contributed by atoms with Gasteiger partial charge in [0.1, 0.15) is 0 Å². The minimum absolute atomic E-state index is 0.0257. The molecule has 0 N–H and O–H groups in total. The third-order valence-electron chi connectivity index (χ3n) is 5.73. The Morgan fingerprint density at radius 1 is 1.17 bits per heavy atom. The summed E-state index contributed by atoms with van der Waals surface area (Å²) in [4.78, 5) is 14.4. The van der Waals surface area contributed by atoms with E-state index in [2.05, 4.69) is 0 Å². The van der Waals surface area contributed by atoms with E-state index in [1.807, 2.05) is 6.92 Å². The molecule has 2 aliphatic heterocycles. The molecule has 1 atom stereocenters. The maximum Gasteiger partial charge on any atom is 0.243 e. The molecule has 2 fully saturated rings. The average Bonchev–Trinajstić information content (AvgIpc) is 3.07. The lowest BCUT2D eigenvalue weighted by Gasteiger charge is -2.35. The molecular formula is C19H26F2N2O5S2. The molecule has 7 nitrogen and oxygen atoms in total. The Labute approximate surface area is 176 Å². The number of sulfonamides is 1. The van der Waals surface area contributed by atoms with Crippen LogP contribution in [-0.4, -0.2) is 69.1 Å². The highest BCUT2D eigenvalue weighted by molar-refractivity contribution is 7.91. The van der Waals surface area contributed by atoms with Crippen LogP contribution >= 0.6 is 0 Å². The SMILES string of the molecule is CCCN(C(=O)C1CCN(S(=O)(=O)c2ccc(F)c(F)c2)CC1)C1CCS(=O)(=O)C1. The number of benzene rings is 1. The summed E-state index contributed by atoms with van der Waals surface area (Å²) in [6.45, 7) is 2.55. The van der Waals surface area contributed by atoms with Gasteiger partial charge in [0, 0.05) is 31.6 Å². The van der Waals surface area contributed by atoms with Gasteiger partial charge in [-0.1, -0.05) is 6.92 Å². The summed E-state index contributed by atoms with van der Waals surface area (Å²) < 4.78 is 76.8.